The van der Waals surface area contributed by atoms with Crippen molar-refractivity contribution in [3.8, 4) is 0 Å². The molecule has 17 nitrogen and oxygen atoms in total. The molecule has 2 heterocycles. The molecule has 0 fully saturated rings. The van der Waals surface area contributed by atoms with Gasteiger partial charge in [-0.1, -0.05) is 20.4 Å². The van der Waals surface area contributed by atoms with Gasteiger partial charge < -0.3 is 37.8 Å². The minimum absolute atomic E-state index is 0. The minimum atomic E-state index is -0.523. The summed E-state index contributed by atoms with van der Waals surface area (Å²) in [4.78, 5) is -0.475. The first kappa shape index (κ1) is 36.9. The molecule has 0 aromatic carbocycles. The summed E-state index contributed by atoms with van der Waals surface area (Å²) in [6.07, 6.45) is 0. The molecule has 21 heavy (non-hydrogen) atoms. The van der Waals surface area contributed by atoms with E-state index in [1.807, 2.05) is 0 Å². The van der Waals surface area contributed by atoms with E-state index in [1.54, 1.807) is 0 Å². The molecule has 0 bridgehead atoms. The fourth-order valence-electron chi connectivity index (χ4n) is 0.596. The summed E-state index contributed by atoms with van der Waals surface area (Å²) in [5, 5.41) is 46.9. The molecule has 10 N–H and O–H groups in total. The van der Waals surface area contributed by atoms with Gasteiger partial charge in [0, 0.05) is 0 Å². The van der Waals surface area contributed by atoms with Crippen molar-refractivity contribution < 1.29 is 96.2 Å². The van der Waals surface area contributed by atoms with Gasteiger partial charge in [0.2, 0.25) is 0 Å². The Bertz CT molecular complexity index is 404. The second-order valence-electron chi connectivity index (χ2n) is 1.90. The van der Waals surface area contributed by atoms with Crippen LogP contribution < -0.4 is 69.3 Å². The maximum atomic E-state index is 11.1. The summed E-state index contributed by atoms with van der Waals surface area (Å²) in [6.45, 7) is 0. The molecule has 0 aliphatic rings. The van der Waals surface area contributed by atoms with Gasteiger partial charge in [-0.2, -0.15) is 0 Å². The van der Waals surface area contributed by atoms with Crippen LogP contribution in [0.4, 0.5) is 11.9 Å². The molecule has 0 amide bonds. The smallest absolute Gasteiger partial charge is 0.789 e. The number of hydrogen-bond donors (Lipinski definition) is 0. The van der Waals surface area contributed by atoms with E-state index in [2.05, 4.69) is 41.2 Å². The van der Waals surface area contributed by atoms with Gasteiger partial charge >= 0.3 is 59.1 Å². The third kappa shape index (κ3) is 8.90. The molecule has 0 aliphatic heterocycles. The predicted octanol–water partition coefficient (Wildman–Crippen LogP) is -12.7. The standard InChI is InChI=1S/C2N10O2.2Na.5H2O/c13-11(1-3-7-8-4-1)12(14)2-5-9-10-6-2;;;;;;;/h;;;5*1H2/q-2;2*+1;;;;;/b12-11+;;;;;;;. The molecule has 0 saturated heterocycles. The Morgan fingerprint density at radius 1 is 0.667 bits per heavy atom. The van der Waals surface area contributed by atoms with Crippen LogP contribution in [0.1, 0.15) is 0 Å². The van der Waals surface area contributed by atoms with E-state index >= 15 is 0 Å². The number of aromatic nitrogens is 8. The fourth-order valence-corrected chi connectivity index (χ4v) is 0.596. The first-order chi connectivity index (χ1) is 6.79. The molecule has 0 atom stereocenters. The van der Waals surface area contributed by atoms with Gasteiger partial charge in [-0.05, 0) is 20.9 Å². The molecule has 0 spiro atoms. The van der Waals surface area contributed by atoms with Gasteiger partial charge in [0.15, 0.2) is 0 Å². The normalized spacial score (nSPS) is 8.38. The number of rotatable bonds is 2. The van der Waals surface area contributed by atoms with Crippen LogP contribution in [0.5, 0.6) is 0 Å². The first-order valence-corrected chi connectivity index (χ1v) is 3.11. The maximum absolute atomic E-state index is 11.1. The van der Waals surface area contributed by atoms with Crippen molar-refractivity contribution in [3.05, 3.63) is 10.4 Å². The van der Waals surface area contributed by atoms with E-state index in [9.17, 15) is 10.4 Å². The second kappa shape index (κ2) is 17.2. The zero-order chi connectivity index (χ0) is 9.97. The van der Waals surface area contributed by atoms with E-state index in [-0.39, 0.29) is 96.2 Å². The van der Waals surface area contributed by atoms with Crippen LogP contribution in [0, 0.1) is 10.4 Å². The Kier molecular flexibility index (Phi) is 30.2. The molecular formula is C2H10N10Na2O7. The van der Waals surface area contributed by atoms with Gasteiger partial charge in [-0.15, -0.1) is 0 Å². The molecule has 0 unspecified atom stereocenters. The summed E-state index contributed by atoms with van der Waals surface area (Å²) >= 11 is 0. The van der Waals surface area contributed by atoms with Crippen molar-refractivity contribution >= 4 is 11.9 Å². The van der Waals surface area contributed by atoms with Gasteiger partial charge in [0.25, 0.3) is 11.9 Å². The Morgan fingerprint density at radius 2 is 0.952 bits per heavy atom. The molecule has 0 radical (unpaired) electrons. The summed E-state index contributed by atoms with van der Waals surface area (Å²) < 4.78 is 0. The van der Waals surface area contributed by atoms with Crippen molar-refractivity contribution in [2.75, 3.05) is 0 Å². The summed E-state index contributed by atoms with van der Waals surface area (Å²) in [5.74, 6) is -1.05. The van der Waals surface area contributed by atoms with Gasteiger partial charge in [-0.3, -0.25) is 9.72 Å². The number of nitrogens with zero attached hydrogens (tertiary/aromatic N) is 10. The first-order valence-electron chi connectivity index (χ1n) is 3.11. The van der Waals surface area contributed by atoms with Crippen LogP contribution in [0.2, 0.25) is 0 Å². The van der Waals surface area contributed by atoms with Gasteiger partial charge in [0.05, 0.1) is 0 Å². The van der Waals surface area contributed by atoms with Crippen LogP contribution in [-0.4, -0.2) is 68.2 Å². The molecule has 2 rings (SSSR count). The van der Waals surface area contributed by atoms with Crippen molar-refractivity contribution in [3.63, 3.8) is 0 Å². The predicted molar refractivity (Wildman–Crippen MR) is 50.9 cm³/mol. The van der Waals surface area contributed by atoms with Crippen molar-refractivity contribution in [1.82, 2.24) is 41.2 Å². The van der Waals surface area contributed by atoms with E-state index < -0.39 is 11.9 Å². The average molecular weight is 332 g/mol. The van der Waals surface area contributed by atoms with Crippen LogP contribution >= 0.6 is 0 Å². The molecule has 2 aromatic rings. The van der Waals surface area contributed by atoms with Crippen LogP contribution in [0.3, 0.4) is 0 Å². The Balaban J connectivity index is -0.0000000804. The average Bonchev–Trinajstić information content (AvgIpc) is 2.87. The van der Waals surface area contributed by atoms with Gasteiger partial charge in [0.1, 0.15) is 0 Å². The van der Waals surface area contributed by atoms with Crippen molar-refractivity contribution in [2.24, 2.45) is 0 Å². The second-order valence-corrected chi connectivity index (χ2v) is 1.90. The number of azo groups is 1. The van der Waals surface area contributed by atoms with Crippen molar-refractivity contribution in [1.29, 1.82) is 0 Å². The quantitative estimate of drug-likeness (QED) is 0.216. The monoisotopic (exact) mass is 332 g/mol. The molecule has 19 heteroatoms. The summed E-state index contributed by atoms with van der Waals surface area (Å²) in [7, 11) is 0. The van der Waals surface area contributed by atoms with E-state index in [4.69, 9.17) is 0 Å². The van der Waals surface area contributed by atoms with Crippen LogP contribution in [0.25, 0.3) is 0 Å². The third-order valence-corrected chi connectivity index (χ3v) is 1.12. The SMILES string of the molecule is O.O.O.O.O.[Na+].[Na+].[O-]/[N+](c1nnn[n-]1)=[N+](/[O-])c1nnn[n-]1. The molecular weight excluding hydrogens is 322 g/mol. The zero-order valence-electron chi connectivity index (χ0n) is 10.8. The molecule has 0 aliphatic carbocycles. The molecule has 2 aromatic heterocycles. The minimum Gasteiger partial charge on any atom is -0.789 e. The van der Waals surface area contributed by atoms with E-state index in [1.165, 1.54) is 0 Å². The number of hydrogen-bond acceptors (Lipinski definition) is 8. The Morgan fingerprint density at radius 3 is 1.14 bits per heavy atom. The topological polar surface area (TPSA) is 315 Å². The largest absolute Gasteiger partial charge is 1.00 e. The van der Waals surface area contributed by atoms with Gasteiger partial charge in [-0.25, -0.2) is 0 Å². The molecule has 0 saturated carbocycles. The van der Waals surface area contributed by atoms with Crippen molar-refractivity contribution in [2.45, 2.75) is 0 Å². The summed E-state index contributed by atoms with van der Waals surface area (Å²) in [6, 6.07) is 0. The van der Waals surface area contributed by atoms with Crippen LogP contribution in [0.15, 0.2) is 0 Å². The van der Waals surface area contributed by atoms with E-state index in [0.717, 1.165) is 0 Å². The zero-order valence-corrected chi connectivity index (χ0v) is 14.8. The fraction of sp³-hybridized carbons (Fsp3) is 0. The maximum Gasteiger partial charge on any atom is 1.00 e. The molecule has 112 valence electrons. The number of tetrazole rings is 2. The van der Waals surface area contributed by atoms with Crippen LogP contribution in [-0.2, 0) is 0 Å². The van der Waals surface area contributed by atoms with E-state index in [0.29, 0.717) is 0 Å². The third-order valence-electron chi connectivity index (χ3n) is 1.12. The summed E-state index contributed by atoms with van der Waals surface area (Å²) in [5.41, 5.74) is 0. The Labute approximate surface area is 159 Å². The Hall–Kier alpha value is -0.860.